The van der Waals surface area contributed by atoms with Gasteiger partial charge in [-0.2, -0.15) is 0 Å². The highest BCUT2D eigenvalue weighted by Crippen LogP contribution is 2.61. The summed E-state index contributed by atoms with van der Waals surface area (Å²) in [4.78, 5) is 14.5. The summed E-state index contributed by atoms with van der Waals surface area (Å²) in [6.07, 6.45) is 21.7. The van der Waals surface area contributed by atoms with Gasteiger partial charge in [0.05, 0.1) is 6.61 Å². The molecule has 2 unspecified atom stereocenters. The number of likely N-dealkylation sites (N-methyl/N-ethyl adjacent to an activating group) is 1. The number of likely N-dealkylation sites (tertiary alicyclic amines) is 1. The van der Waals surface area contributed by atoms with E-state index >= 15 is 0 Å². The summed E-state index contributed by atoms with van der Waals surface area (Å²) in [6, 6.07) is 6.37. The molecular weight excluding hydrogens is 486 g/mol. The fourth-order valence-corrected chi connectivity index (χ4v) is 6.15. The van der Waals surface area contributed by atoms with Crippen LogP contribution in [0, 0.1) is 11.3 Å². The molecule has 2 aliphatic carbocycles. The van der Waals surface area contributed by atoms with E-state index in [1.165, 1.54) is 37.9 Å². The molecule has 1 saturated heterocycles. The number of nitrogens with zero attached hydrogens (tertiary/aromatic N) is 4. The Morgan fingerprint density at radius 3 is 3.03 bits per heavy atom. The maximum absolute atomic E-state index is 6.36. The molecule has 7 nitrogen and oxygen atoms in total. The number of anilines is 1. The Hall–Kier alpha value is -3.16. The SMILES string of the molecule is CN1C/C=C/CCOC2=CC=CC3(CC23)C2=NC(=NC=CC2)Nc2ccc(OCCN3CCCCC3)c(c2)C1.[HH]. The van der Waals surface area contributed by atoms with Gasteiger partial charge in [0.15, 0.2) is 0 Å². The summed E-state index contributed by atoms with van der Waals surface area (Å²) >= 11 is 0. The molecule has 39 heavy (non-hydrogen) atoms. The van der Waals surface area contributed by atoms with E-state index in [1.807, 2.05) is 6.20 Å². The summed E-state index contributed by atoms with van der Waals surface area (Å²) in [6.45, 7) is 6.42. The molecule has 6 bridgehead atoms. The molecule has 0 amide bonds. The standard InChI is InChI=1S/C32H41N5O2.H2/c1-36-16-4-3-7-20-38-29-10-8-14-32(23-27(29)32)30-11-9-15-33-31(35-30)34-26-12-13-28(25(22-26)24-36)39-21-19-37-17-5-2-6-18-37;/h3-4,8-10,12-15,22,27H,2,5-7,11,16-21,23-24H2,1H3,(H,33,34);1H/b4-3+;. The van der Waals surface area contributed by atoms with Crippen molar-refractivity contribution in [3.8, 4) is 5.75 Å². The Labute approximate surface area is 234 Å². The molecule has 5 aliphatic rings. The lowest BCUT2D eigenvalue weighted by molar-refractivity contribution is 0.182. The molecule has 1 N–H and O–H groups in total. The molecule has 208 valence electrons. The minimum Gasteiger partial charge on any atom is -0.497 e. The minimum atomic E-state index is -0.0532. The number of fused-ring (bicyclic) bond motifs is 3. The van der Waals surface area contributed by atoms with Crippen LogP contribution in [0.15, 0.2) is 76.6 Å². The third-order valence-corrected chi connectivity index (χ3v) is 8.40. The maximum Gasteiger partial charge on any atom is 0.227 e. The first-order chi connectivity index (χ1) is 19.2. The fourth-order valence-electron chi connectivity index (χ4n) is 6.15. The number of piperidine rings is 1. The van der Waals surface area contributed by atoms with Crippen LogP contribution in [-0.4, -0.2) is 67.9 Å². The maximum atomic E-state index is 6.36. The van der Waals surface area contributed by atoms with Crippen molar-refractivity contribution in [1.82, 2.24) is 9.80 Å². The number of rotatable bonds is 4. The lowest BCUT2D eigenvalue weighted by atomic mass is 9.90. The smallest absolute Gasteiger partial charge is 0.227 e. The highest BCUT2D eigenvalue weighted by Gasteiger charge is 2.59. The molecule has 1 saturated carbocycles. The van der Waals surface area contributed by atoms with Crippen LogP contribution in [0.4, 0.5) is 5.69 Å². The van der Waals surface area contributed by atoms with Gasteiger partial charge in [0.1, 0.15) is 18.1 Å². The number of hydrogen-bond donors (Lipinski definition) is 1. The van der Waals surface area contributed by atoms with E-state index in [2.05, 4.69) is 81.8 Å². The van der Waals surface area contributed by atoms with Crippen molar-refractivity contribution < 1.29 is 10.9 Å². The highest BCUT2D eigenvalue weighted by atomic mass is 16.5. The number of ether oxygens (including phenoxy) is 2. The van der Waals surface area contributed by atoms with Crippen LogP contribution in [0.2, 0.25) is 0 Å². The molecule has 2 fully saturated rings. The number of guanidine groups is 1. The lowest BCUT2D eigenvalue weighted by Crippen LogP contribution is -2.33. The summed E-state index contributed by atoms with van der Waals surface area (Å²) in [5.41, 5.74) is 3.24. The molecule has 6 rings (SSSR count). The van der Waals surface area contributed by atoms with E-state index in [9.17, 15) is 0 Å². The van der Waals surface area contributed by atoms with Crippen LogP contribution in [0.1, 0.15) is 45.5 Å². The van der Waals surface area contributed by atoms with Crippen molar-refractivity contribution >= 4 is 17.4 Å². The summed E-state index contributed by atoms with van der Waals surface area (Å²) in [5.74, 6) is 3.05. The van der Waals surface area contributed by atoms with E-state index in [4.69, 9.17) is 14.5 Å². The van der Waals surface area contributed by atoms with Crippen LogP contribution in [-0.2, 0) is 11.3 Å². The predicted octanol–water partition coefficient (Wildman–Crippen LogP) is 5.79. The average molecular weight is 530 g/mol. The van der Waals surface area contributed by atoms with Gasteiger partial charge in [-0.05, 0) is 70.1 Å². The summed E-state index contributed by atoms with van der Waals surface area (Å²) in [5, 5.41) is 3.50. The van der Waals surface area contributed by atoms with E-state index in [0.717, 1.165) is 61.8 Å². The van der Waals surface area contributed by atoms with Crippen molar-refractivity contribution in [3.05, 3.63) is 72.2 Å². The molecule has 3 heterocycles. The normalized spacial score (nSPS) is 28.2. The first kappa shape index (κ1) is 26.1. The Morgan fingerprint density at radius 1 is 1.18 bits per heavy atom. The molecular formula is C32H43N5O2. The van der Waals surface area contributed by atoms with Gasteiger partial charge < -0.3 is 14.8 Å². The van der Waals surface area contributed by atoms with Crippen LogP contribution >= 0.6 is 0 Å². The van der Waals surface area contributed by atoms with Crippen molar-refractivity contribution in [1.29, 1.82) is 0 Å². The van der Waals surface area contributed by atoms with E-state index < -0.39 is 0 Å². The monoisotopic (exact) mass is 529 g/mol. The van der Waals surface area contributed by atoms with Crippen molar-refractivity contribution in [2.75, 3.05) is 51.8 Å². The second-order valence-electron chi connectivity index (χ2n) is 11.3. The molecule has 2 atom stereocenters. The van der Waals surface area contributed by atoms with E-state index in [1.54, 1.807) is 0 Å². The Bertz CT molecular complexity index is 1230. The molecule has 1 aromatic rings. The van der Waals surface area contributed by atoms with Crippen LogP contribution in [0.25, 0.3) is 0 Å². The van der Waals surface area contributed by atoms with Crippen molar-refractivity contribution in [3.63, 3.8) is 0 Å². The molecule has 1 aromatic carbocycles. The zero-order valence-electron chi connectivity index (χ0n) is 23.1. The Morgan fingerprint density at radius 2 is 2.10 bits per heavy atom. The van der Waals surface area contributed by atoms with Crippen molar-refractivity contribution in [2.45, 2.75) is 45.1 Å². The fraction of sp³-hybridized carbons (Fsp3) is 0.500. The van der Waals surface area contributed by atoms with Crippen LogP contribution in [0.3, 0.4) is 0 Å². The van der Waals surface area contributed by atoms with Gasteiger partial charge in [-0.3, -0.25) is 9.80 Å². The number of aliphatic imine (C=N–C) groups is 2. The third-order valence-electron chi connectivity index (χ3n) is 8.40. The zero-order chi connectivity index (χ0) is 26.5. The first-order valence-corrected chi connectivity index (χ1v) is 14.6. The highest BCUT2D eigenvalue weighted by molar-refractivity contribution is 6.08. The van der Waals surface area contributed by atoms with E-state index in [0.29, 0.717) is 25.1 Å². The van der Waals surface area contributed by atoms with Crippen molar-refractivity contribution in [2.24, 2.45) is 21.3 Å². The number of nitrogens with one attached hydrogen (secondary N) is 1. The first-order valence-electron chi connectivity index (χ1n) is 14.6. The number of hydrogen-bond acceptors (Lipinski definition) is 7. The third kappa shape index (κ3) is 6.20. The zero-order valence-corrected chi connectivity index (χ0v) is 23.1. The van der Waals surface area contributed by atoms with E-state index in [-0.39, 0.29) is 6.84 Å². The molecule has 0 aromatic heterocycles. The number of benzene rings is 1. The lowest BCUT2D eigenvalue weighted by Gasteiger charge is -2.26. The second kappa shape index (κ2) is 11.9. The molecule has 0 radical (unpaired) electrons. The quantitative estimate of drug-likeness (QED) is 0.500. The molecule has 0 spiro atoms. The second-order valence-corrected chi connectivity index (χ2v) is 11.3. The van der Waals surface area contributed by atoms with Gasteiger partial charge in [0.2, 0.25) is 5.96 Å². The summed E-state index contributed by atoms with van der Waals surface area (Å²) in [7, 11) is 2.15. The minimum absolute atomic E-state index is 0. The van der Waals surface area contributed by atoms with Gasteiger partial charge in [-0.15, -0.1) is 0 Å². The predicted molar refractivity (Wildman–Crippen MR) is 160 cm³/mol. The van der Waals surface area contributed by atoms with Crippen LogP contribution < -0.4 is 10.1 Å². The van der Waals surface area contributed by atoms with Gasteiger partial charge in [-0.1, -0.05) is 36.8 Å². The molecule has 7 heteroatoms. The van der Waals surface area contributed by atoms with Gasteiger partial charge >= 0.3 is 0 Å². The van der Waals surface area contributed by atoms with Gasteiger partial charge in [0.25, 0.3) is 0 Å². The Balaban J connectivity index is 0.00000323. The van der Waals surface area contributed by atoms with Crippen LogP contribution in [0.5, 0.6) is 5.75 Å². The largest absolute Gasteiger partial charge is 0.497 e. The van der Waals surface area contributed by atoms with Gasteiger partial charge in [0, 0.05) is 62.0 Å². The average Bonchev–Trinajstić information content (AvgIpc) is 3.73. The van der Waals surface area contributed by atoms with Gasteiger partial charge in [-0.25, -0.2) is 9.98 Å². The molecule has 3 aliphatic heterocycles. The number of allylic oxidation sites excluding steroid dienone is 5. The topological polar surface area (TPSA) is 61.7 Å². The summed E-state index contributed by atoms with van der Waals surface area (Å²) < 4.78 is 12.6. The Kier molecular flexibility index (Phi) is 7.98.